The quantitative estimate of drug-likeness (QED) is 0.657. The molecule has 0 saturated heterocycles. The van der Waals surface area contributed by atoms with E-state index >= 15 is 0 Å². The number of ether oxygens (including phenoxy) is 1. The standard InChI is InChI=1S/C18H12ClFN2O3S/c19-12-3-2-11(20)8-13(12)21-16-15(18(23)24)26-17(22-16)10-1-4-14-9(7-10)5-6-25-14/h1-4,7-8,21H,5-6H2,(H,23,24). The fraction of sp³-hybridized carbons (Fsp3) is 0.111. The van der Waals surface area contributed by atoms with Crippen molar-refractivity contribution in [2.75, 3.05) is 11.9 Å². The highest BCUT2D eigenvalue weighted by molar-refractivity contribution is 7.17. The summed E-state index contributed by atoms with van der Waals surface area (Å²) >= 11 is 7.10. The lowest BCUT2D eigenvalue weighted by molar-refractivity contribution is 0.0703. The van der Waals surface area contributed by atoms with E-state index in [1.807, 2.05) is 18.2 Å². The lowest BCUT2D eigenvalue weighted by Gasteiger charge is -2.06. The van der Waals surface area contributed by atoms with Gasteiger partial charge in [0.05, 0.1) is 17.3 Å². The Morgan fingerprint density at radius 3 is 2.96 bits per heavy atom. The Bertz CT molecular complexity index is 1020. The van der Waals surface area contributed by atoms with Crippen LogP contribution in [0.15, 0.2) is 36.4 Å². The number of carboxylic acids is 1. The molecule has 2 N–H and O–H groups in total. The van der Waals surface area contributed by atoms with Crippen LogP contribution in [0.2, 0.25) is 5.02 Å². The maximum atomic E-state index is 13.5. The number of anilines is 2. The average molecular weight is 391 g/mol. The molecule has 3 aromatic rings. The van der Waals surface area contributed by atoms with E-state index in [-0.39, 0.29) is 21.4 Å². The van der Waals surface area contributed by atoms with Gasteiger partial charge in [0.2, 0.25) is 0 Å². The molecule has 4 rings (SSSR count). The molecule has 5 nitrogen and oxygen atoms in total. The number of nitrogens with one attached hydrogen (secondary N) is 1. The summed E-state index contributed by atoms with van der Waals surface area (Å²) in [4.78, 5) is 16.0. The molecule has 0 aliphatic carbocycles. The molecule has 0 bridgehead atoms. The van der Waals surface area contributed by atoms with Crippen molar-refractivity contribution in [2.45, 2.75) is 6.42 Å². The van der Waals surface area contributed by atoms with Gasteiger partial charge in [0.15, 0.2) is 10.7 Å². The zero-order chi connectivity index (χ0) is 18.3. The number of fused-ring (bicyclic) bond motifs is 1. The molecule has 8 heteroatoms. The molecule has 1 aromatic heterocycles. The van der Waals surface area contributed by atoms with E-state index in [4.69, 9.17) is 16.3 Å². The molecular weight excluding hydrogens is 379 g/mol. The van der Waals surface area contributed by atoms with Crippen LogP contribution in [0.1, 0.15) is 15.2 Å². The Kier molecular flexibility index (Phi) is 4.26. The zero-order valence-corrected chi connectivity index (χ0v) is 14.8. The van der Waals surface area contributed by atoms with Gasteiger partial charge in [-0.15, -0.1) is 11.3 Å². The molecule has 0 saturated carbocycles. The Morgan fingerprint density at radius 1 is 1.31 bits per heavy atom. The number of hydrogen-bond donors (Lipinski definition) is 2. The number of aromatic nitrogens is 1. The van der Waals surface area contributed by atoms with Gasteiger partial charge < -0.3 is 15.2 Å². The maximum Gasteiger partial charge on any atom is 0.349 e. The van der Waals surface area contributed by atoms with Gasteiger partial charge in [0.1, 0.15) is 16.6 Å². The second kappa shape index (κ2) is 6.59. The van der Waals surface area contributed by atoms with Crippen LogP contribution in [0.25, 0.3) is 10.6 Å². The predicted molar refractivity (Wildman–Crippen MR) is 98.4 cm³/mol. The first-order valence-electron chi connectivity index (χ1n) is 7.73. The first-order valence-corrected chi connectivity index (χ1v) is 8.93. The molecular formula is C18H12ClFN2O3S. The maximum absolute atomic E-state index is 13.5. The molecule has 0 radical (unpaired) electrons. The highest BCUT2D eigenvalue weighted by Gasteiger charge is 2.21. The van der Waals surface area contributed by atoms with Gasteiger partial charge in [0, 0.05) is 12.0 Å². The largest absolute Gasteiger partial charge is 0.493 e. The van der Waals surface area contributed by atoms with Crippen LogP contribution in [-0.4, -0.2) is 22.7 Å². The fourth-order valence-electron chi connectivity index (χ4n) is 2.71. The fourth-order valence-corrected chi connectivity index (χ4v) is 3.73. The van der Waals surface area contributed by atoms with Gasteiger partial charge in [-0.1, -0.05) is 11.6 Å². The Morgan fingerprint density at radius 2 is 2.15 bits per heavy atom. The minimum atomic E-state index is -1.12. The Balaban J connectivity index is 1.73. The van der Waals surface area contributed by atoms with Gasteiger partial charge >= 0.3 is 5.97 Å². The topological polar surface area (TPSA) is 71.5 Å². The van der Waals surface area contributed by atoms with Crippen LogP contribution in [0, 0.1) is 5.82 Å². The summed E-state index contributed by atoms with van der Waals surface area (Å²) in [6.07, 6.45) is 0.810. The second-order valence-corrected chi connectivity index (χ2v) is 7.08. The molecule has 0 fully saturated rings. The summed E-state index contributed by atoms with van der Waals surface area (Å²) in [7, 11) is 0. The number of aromatic carboxylic acids is 1. The molecule has 132 valence electrons. The first-order chi connectivity index (χ1) is 12.5. The highest BCUT2D eigenvalue weighted by atomic mass is 35.5. The number of carboxylic acid groups (broad SMARTS) is 1. The van der Waals surface area contributed by atoms with Crippen LogP contribution in [0.5, 0.6) is 5.75 Å². The second-order valence-electron chi connectivity index (χ2n) is 5.67. The molecule has 0 unspecified atom stereocenters. The number of halogens is 2. The van der Waals surface area contributed by atoms with Crippen molar-refractivity contribution in [1.82, 2.24) is 4.98 Å². The molecule has 0 spiro atoms. The summed E-state index contributed by atoms with van der Waals surface area (Å²) < 4.78 is 18.9. The minimum Gasteiger partial charge on any atom is -0.493 e. The number of benzene rings is 2. The zero-order valence-electron chi connectivity index (χ0n) is 13.3. The lowest BCUT2D eigenvalue weighted by Crippen LogP contribution is -2.00. The molecule has 2 heterocycles. The first kappa shape index (κ1) is 16.8. The Hall–Kier alpha value is -2.64. The third-order valence-corrected chi connectivity index (χ3v) is 5.36. The van der Waals surface area contributed by atoms with E-state index in [1.165, 1.54) is 18.2 Å². The van der Waals surface area contributed by atoms with E-state index in [2.05, 4.69) is 10.3 Å². The van der Waals surface area contributed by atoms with Crippen molar-refractivity contribution in [1.29, 1.82) is 0 Å². The van der Waals surface area contributed by atoms with Crippen molar-refractivity contribution in [3.05, 3.63) is 57.7 Å². The van der Waals surface area contributed by atoms with Crippen molar-refractivity contribution < 1.29 is 19.0 Å². The van der Waals surface area contributed by atoms with E-state index in [0.717, 1.165) is 34.6 Å². The van der Waals surface area contributed by atoms with Crippen molar-refractivity contribution in [3.63, 3.8) is 0 Å². The third-order valence-electron chi connectivity index (χ3n) is 3.94. The number of thiazole rings is 1. The lowest BCUT2D eigenvalue weighted by atomic mass is 10.1. The SMILES string of the molecule is O=C(O)c1sc(-c2ccc3c(c2)CCO3)nc1Nc1cc(F)ccc1Cl. The van der Waals surface area contributed by atoms with Crippen molar-refractivity contribution >= 4 is 40.4 Å². The molecule has 2 aromatic carbocycles. The molecule has 1 aliphatic rings. The number of nitrogens with zero attached hydrogens (tertiary/aromatic N) is 1. The van der Waals surface area contributed by atoms with Crippen LogP contribution in [-0.2, 0) is 6.42 Å². The van der Waals surface area contributed by atoms with E-state index in [0.29, 0.717) is 11.6 Å². The molecule has 0 atom stereocenters. The smallest absolute Gasteiger partial charge is 0.349 e. The minimum absolute atomic E-state index is 0.0251. The van der Waals surface area contributed by atoms with E-state index in [9.17, 15) is 14.3 Å². The van der Waals surface area contributed by atoms with E-state index in [1.54, 1.807) is 0 Å². The number of hydrogen-bond acceptors (Lipinski definition) is 5. The summed E-state index contributed by atoms with van der Waals surface area (Å²) in [5.41, 5.74) is 2.13. The average Bonchev–Trinajstić information content (AvgIpc) is 3.24. The van der Waals surface area contributed by atoms with Gasteiger partial charge in [-0.05, 0) is 42.0 Å². The highest BCUT2D eigenvalue weighted by Crippen LogP contribution is 2.37. The van der Waals surface area contributed by atoms with Gasteiger partial charge in [-0.2, -0.15) is 0 Å². The summed E-state index contributed by atoms with van der Waals surface area (Å²) in [6, 6.07) is 9.47. The van der Waals surface area contributed by atoms with Gasteiger partial charge in [-0.25, -0.2) is 14.2 Å². The van der Waals surface area contributed by atoms with Crippen molar-refractivity contribution in [2.24, 2.45) is 0 Å². The van der Waals surface area contributed by atoms with Gasteiger partial charge in [-0.3, -0.25) is 0 Å². The van der Waals surface area contributed by atoms with Crippen molar-refractivity contribution in [3.8, 4) is 16.3 Å². The number of rotatable bonds is 4. The monoisotopic (exact) mass is 390 g/mol. The molecule has 26 heavy (non-hydrogen) atoms. The van der Waals surface area contributed by atoms with Crippen LogP contribution >= 0.6 is 22.9 Å². The molecule has 0 amide bonds. The van der Waals surface area contributed by atoms with Gasteiger partial charge in [0.25, 0.3) is 0 Å². The predicted octanol–water partition coefficient (Wildman–Crippen LogP) is 4.98. The summed E-state index contributed by atoms with van der Waals surface area (Å²) in [5.74, 6) is -0.633. The summed E-state index contributed by atoms with van der Waals surface area (Å²) in [6.45, 7) is 0.641. The number of carbonyl (C=O) groups is 1. The van der Waals surface area contributed by atoms with Crippen LogP contribution in [0.3, 0.4) is 0 Å². The normalized spacial score (nSPS) is 12.5. The van der Waals surface area contributed by atoms with Crippen LogP contribution in [0.4, 0.5) is 15.9 Å². The molecule has 1 aliphatic heterocycles. The Labute approximate surface area is 157 Å². The third kappa shape index (κ3) is 3.11. The summed E-state index contributed by atoms with van der Waals surface area (Å²) in [5, 5.41) is 13.1. The van der Waals surface area contributed by atoms with Crippen LogP contribution < -0.4 is 10.1 Å². The van der Waals surface area contributed by atoms with E-state index < -0.39 is 11.8 Å².